The van der Waals surface area contributed by atoms with Gasteiger partial charge in [-0.1, -0.05) is 31.4 Å². The van der Waals surface area contributed by atoms with E-state index in [0.717, 1.165) is 42.1 Å². The average Bonchev–Trinajstić information content (AvgIpc) is 3.20. The first kappa shape index (κ1) is 18.8. The van der Waals surface area contributed by atoms with E-state index in [1.165, 1.54) is 0 Å². The molecule has 6 heteroatoms. The Balaban J connectivity index is 1.53. The molecular weight excluding hydrogens is 350 g/mol. The number of amides is 2. The molecule has 0 aliphatic carbocycles. The van der Waals surface area contributed by atoms with Crippen LogP contribution in [0.4, 0.5) is 0 Å². The van der Waals surface area contributed by atoms with Crippen LogP contribution in [-0.2, 0) is 16.0 Å². The number of fused-ring (bicyclic) bond motifs is 1. The van der Waals surface area contributed by atoms with E-state index < -0.39 is 0 Å². The Hall–Kier alpha value is -2.01. The number of unbranched alkanes of at least 4 members (excludes halogenated alkanes) is 2. The van der Waals surface area contributed by atoms with Gasteiger partial charge in [-0.25, -0.2) is 0 Å². The Morgan fingerprint density at radius 2 is 2.23 bits per heavy atom. The van der Waals surface area contributed by atoms with Crippen molar-refractivity contribution in [3.63, 3.8) is 0 Å². The van der Waals surface area contributed by atoms with E-state index in [1.807, 2.05) is 24.4 Å². The van der Waals surface area contributed by atoms with Gasteiger partial charge in [0, 0.05) is 48.2 Å². The molecule has 0 saturated carbocycles. The van der Waals surface area contributed by atoms with Crippen LogP contribution in [0.3, 0.4) is 0 Å². The molecule has 1 aliphatic rings. The lowest BCUT2D eigenvalue weighted by Gasteiger charge is -2.16. The molecule has 2 aromatic rings. The van der Waals surface area contributed by atoms with Crippen LogP contribution in [0.15, 0.2) is 24.4 Å². The SMILES string of the molecule is CCCCCNC(=O)[C@H]1CC(=O)N(CCc2c[nH]c3ccc(Cl)cc23)C1. The molecule has 0 unspecified atom stereocenters. The van der Waals surface area contributed by atoms with Crippen molar-refractivity contribution in [1.82, 2.24) is 15.2 Å². The number of carbonyl (C=O) groups is 2. The molecule has 0 spiro atoms. The smallest absolute Gasteiger partial charge is 0.225 e. The summed E-state index contributed by atoms with van der Waals surface area (Å²) in [5, 5.41) is 4.76. The van der Waals surface area contributed by atoms with Gasteiger partial charge in [0.2, 0.25) is 11.8 Å². The summed E-state index contributed by atoms with van der Waals surface area (Å²) in [5.74, 6) is -0.144. The van der Waals surface area contributed by atoms with Gasteiger partial charge < -0.3 is 15.2 Å². The van der Waals surface area contributed by atoms with Crippen molar-refractivity contribution >= 4 is 34.3 Å². The summed E-state index contributed by atoms with van der Waals surface area (Å²) in [4.78, 5) is 29.5. The Labute approximate surface area is 159 Å². The molecule has 2 heterocycles. The van der Waals surface area contributed by atoms with Crippen molar-refractivity contribution in [3.05, 3.63) is 35.0 Å². The molecule has 2 amide bonds. The van der Waals surface area contributed by atoms with E-state index in [1.54, 1.807) is 4.90 Å². The van der Waals surface area contributed by atoms with E-state index in [-0.39, 0.29) is 17.7 Å². The first-order valence-corrected chi connectivity index (χ1v) is 9.77. The first-order chi connectivity index (χ1) is 12.6. The molecule has 26 heavy (non-hydrogen) atoms. The van der Waals surface area contributed by atoms with E-state index >= 15 is 0 Å². The van der Waals surface area contributed by atoms with E-state index in [9.17, 15) is 9.59 Å². The zero-order valence-corrected chi connectivity index (χ0v) is 15.9. The summed E-state index contributed by atoms with van der Waals surface area (Å²) in [6, 6.07) is 5.76. The van der Waals surface area contributed by atoms with Gasteiger partial charge in [0.1, 0.15) is 0 Å². The fourth-order valence-electron chi connectivity index (χ4n) is 3.51. The van der Waals surface area contributed by atoms with Crippen molar-refractivity contribution in [2.45, 2.75) is 39.0 Å². The van der Waals surface area contributed by atoms with Crippen LogP contribution in [0, 0.1) is 5.92 Å². The van der Waals surface area contributed by atoms with Gasteiger partial charge in [0.05, 0.1) is 5.92 Å². The Morgan fingerprint density at radius 1 is 1.38 bits per heavy atom. The van der Waals surface area contributed by atoms with Crippen LogP contribution >= 0.6 is 11.6 Å². The monoisotopic (exact) mass is 375 g/mol. The minimum Gasteiger partial charge on any atom is -0.361 e. The quantitative estimate of drug-likeness (QED) is 0.693. The topological polar surface area (TPSA) is 65.2 Å². The number of rotatable bonds is 8. The number of carbonyl (C=O) groups excluding carboxylic acids is 2. The molecule has 140 valence electrons. The maximum atomic E-state index is 12.3. The molecule has 1 fully saturated rings. The third kappa shape index (κ3) is 4.39. The number of H-pyrrole nitrogens is 1. The number of halogens is 1. The van der Waals surface area contributed by atoms with Gasteiger partial charge in [-0.05, 0) is 36.6 Å². The number of aromatic nitrogens is 1. The largest absolute Gasteiger partial charge is 0.361 e. The second-order valence-corrected chi connectivity index (χ2v) is 7.43. The molecule has 0 radical (unpaired) electrons. The lowest BCUT2D eigenvalue weighted by molar-refractivity contribution is -0.129. The highest BCUT2D eigenvalue weighted by molar-refractivity contribution is 6.31. The van der Waals surface area contributed by atoms with Crippen molar-refractivity contribution in [3.8, 4) is 0 Å². The average molecular weight is 376 g/mol. The van der Waals surface area contributed by atoms with Crippen molar-refractivity contribution in [2.75, 3.05) is 19.6 Å². The van der Waals surface area contributed by atoms with Crippen molar-refractivity contribution < 1.29 is 9.59 Å². The highest BCUT2D eigenvalue weighted by Gasteiger charge is 2.33. The molecule has 0 bridgehead atoms. The minimum absolute atomic E-state index is 0.0100. The number of nitrogens with zero attached hydrogens (tertiary/aromatic N) is 1. The second-order valence-electron chi connectivity index (χ2n) is 6.99. The molecule has 3 rings (SSSR count). The van der Waals surface area contributed by atoms with Crippen molar-refractivity contribution in [2.24, 2.45) is 5.92 Å². The van der Waals surface area contributed by atoms with Gasteiger partial charge in [-0.2, -0.15) is 0 Å². The molecule has 1 aromatic carbocycles. The Bertz CT molecular complexity index is 786. The number of hydrogen-bond donors (Lipinski definition) is 2. The highest BCUT2D eigenvalue weighted by atomic mass is 35.5. The van der Waals surface area contributed by atoms with E-state index in [4.69, 9.17) is 11.6 Å². The second kappa shape index (κ2) is 8.58. The normalized spacial score (nSPS) is 17.2. The predicted molar refractivity (Wildman–Crippen MR) is 104 cm³/mol. The molecule has 1 atom stereocenters. The number of hydrogen-bond acceptors (Lipinski definition) is 2. The van der Waals surface area contributed by atoms with Gasteiger partial charge in [-0.15, -0.1) is 0 Å². The van der Waals surface area contributed by atoms with Crippen LogP contribution in [0.25, 0.3) is 10.9 Å². The number of nitrogens with one attached hydrogen (secondary N) is 2. The van der Waals surface area contributed by atoms with Crippen molar-refractivity contribution in [1.29, 1.82) is 0 Å². The molecular formula is C20H26ClN3O2. The third-order valence-electron chi connectivity index (χ3n) is 5.05. The van der Waals surface area contributed by atoms with Crippen LogP contribution in [0.5, 0.6) is 0 Å². The highest BCUT2D eigenvalue weighted by Crippen LogP contribution is 2.24. The first-order valence-electron chi connectivity index (χ1n) is 9.39. The number of benzene rings is 1. The van der Waals surface area contributed by atoms with Crippen LogP contribution in [0.1, 0.15) is 38.2 Å². The van der Waals surface area contributed by atoms with Crippen LogP contribution in [-0.4, -0.2) is 41.3 Å². The summed E-state index contributed by atoms with van der Waals surface area (Å²) < 4.78 is 0. The lowest BCUT2D eigenvalue weighted by Crippen LogP contribution is -2.34. The number of aromatic amines is 1. The van der Waals surface area contributed by atoms with Gasteiger partial charge >= 0.3 is 0 Å². The fourth-order valence-corrected chi connectivity index (χ4v) is 3.68. The summed E-state index contributed by atoms with van der Waals surface area (Å²) in [6.45, 7) is 3.98. The summed E-state index contributed by atoms with van der Waals surface area (Å²) in [7, 11) is 0. The van der Waals surface area contributed by atoms with Crippen LogP contribution < -0.4 is 5.32 Å². The maximum absolute atomic E-state index is 12.3. The predicted octanol–water partition coefficient (Wildman–Crippen LogP) is 3.52. The zero-order chi connectivity index (χ0) is 18.5. The lowest BCUT2D eigenvalue weighted by atomic mass is 10.1. The van der Waals surface area contributed by atoms with E-state index in [2.05, 4.69) is 17.2 Å². The summed E-state index contributed by atoms with van der Waals surface area (Å²) >= 11 is 6.09. The van der Waals surface area contributed by atoms with Gasteiger partial charge in [0.25, 0.3) is 0 Å². The molecule has 2 N–H and O–H groups in total. The molecule has 5 nitrogen and oxygen atoms in total. The third-order valence-corrected chi connectivity index (χ3v) is 5.28. The van der Waals surface area contributed by atoms with E-state index in [0.29, 0.717) is 31.1 Å². The minimum atomic E-state index is -0.221. The van der Waals surface area contributed by atoms with Gasteiger partial charge in [0.15, 0.2) is 0 Å². The zero-order valence-electron chi connectivity index (χ0n) is 15.2. The summed E-state index contributed by atoms with van der Waals surface area (Å²) in [5.41, 5.74) is 2.18. The maximum Gasteiger partial charge on any atom is 0.225 e. The standard InChI is InChI=1S/C20H26ClN3O2/c1-2-3-4-8-22-20(26)15-10-19(25)24(13-15)9-7-14-12-23-18-6-5-16(21)11-17(14)18/h5-6,11-12,15,23H,2-4,7-10,13H2,1H3,(H,22,26)/t15-/m0/s1. The fraction of sp³-hybridized carbons (Fsp3) is 0.500. The Morgan fingerprint density at radius 3 is 3.04 bits per heavy atom. The van der Waals surface area contributed by atoms with Crippen LogP contribution in [0.2, 0.25) is 5.02 Å². The molecule has 1 aromatic heterocycles. The molecule has 1 saturated heterocycles. The number of likely N-dealkylation sites (tertiary alicyclic amines) is 1. The summed E-state index contributed by atoms with van der Waals surface area (Å²) in [6.07, 6.45) is 6.28. The Kier molecular flexibility index (Phi) is 6.20. The molecule has 1 aliphatic heterocycles. The van der Waals surface area contributed by atoms with Gasteiger partial charge in [-0.3, -0.25) is 9.59 Å².